The van der Waals surface area contributed by atoms with Gasteiger partial charge in [-0.1, -0.05) is 71.5 Å². The van der Waals surface area contributed by atoms with Crippen molar-refractivity contribution in [3.05, 3.63) is 53.6 Å². The van der Waals surface area contributed by atoms with E-state index in [0.29, 0.717) is 0 Å². The maximum atomic E-state index is 5.83. The first kappa shape index (κ1) is 17.9. The van der Waals surface area contributed by atoms with E-state index in [-0.39, 0.29) is 10.8 Å². The van der Waals surface area contributed by atoms with Gasteiger partial charge in [-0.15, -0.1) is 0 Å². The van der Waals surface area contributed by atoms with Crippen LogP contribution in [-0.2, 0) is 10.8 Å². The van der Waals surface area contributed by atoms with Gasteiger partial charge in [0.2, 0.25) is 0 Å². The Balaban J connectivity index is 2.60. The van der Waals surface area contributed by atoms with Crippen LogP contribution in [0, 0.1) is 0 Å². The lowest BCUT2D eigenvalue weighted by atomic mass is 9.79. The molecule has 23 heavy (non-hydrogen) atoms. The first-order chi connectivity index (χ1) is 10.6. The van der Waals surface area contributed by atoms with Crippen LogP contribution in [0.1, 0.15) is 52.7 Å². The summed E-state index contributed by atoms with van der Waals surface area (Å²) in [5, 5.41) is 0. The molecule has 0 amide bonds. The zero-order chi connectivity index (χ0) is 17.3. The minimum atomic E-state index is 0.0403. The average molecular weight is 329 g/mol. The summed E-state index contributed by atoms with van der Waals surface area (Å²) in [7, 11) is 1.78. The number of hydrogen-bond donors (Lipinski definition) is 0. The molecule has 1 nitrogen and oxygen atoms in total. The van der Waals surface area contributed by atoms with Crippen LogP contribution in [0.2, 0.25) is 0 Å². The summed E-state index contributed by atoms with van der Waals surface area (Å²) >= 11 is 1.81. The van der Waals surface area contributed by atoms with Crippen molar-refractivity contribution < 1.29 is 4.74 Å². The van der Waals surface area contributed by atoms with Crippen LogP contribution in [0.4, 0.5) is 0 Å². The summed E-state index contributed by atoms with van der Waals surface area (Å²) in [5.41, 5.74) is 2.62. The third-order valence-corrected chi connectivity index (χ3v) is 4.84. The molecule has 0 unspecified atom stereocenters. The van der Waals surface area contributed by atoms with Crippen molar-refractivity contribution in [1.82, 2.24) is 0 Å². The minimum absolute atomic E-state index is 0.0403. The van der Waals surface area contributed by atoms with E-state index in [0.717, 1.165) is 5.75 Å². The molecule has 2 aromatic carbocycles. The molecule has 2 heteroatoms. The van der Waals surface area contributed by atoms with Crippen LogP contribution >= 0.6 is 11.8 Å². The van der Waals surface area contributed by atoms with Crippen LogP contribution < -0.4 is 4.74 Å². The standard InChI is InChI=1S/C21H28OS/c1-20(2,3)17-13-16(23-15-11-9-8-10-12-15)14-18(19(17)22-7)21(4,5)6/h8-14H,1-7H3. The largest absolute Gasteiger partial charge is 0.496 e. The summed E-state index contributed by atoms with van der Waals surface area (Å²) in [6.45, 7) is 13.5. The fourth-order valence-electron chi connectivity index (χ4n) is 2.62. The zero-order valence-corrected chi connectivity index (χ0v) is 16.2. The molecule has 0 heterocycles. The SMILES string of the molecule is COc1c(C(C)(C)C)cc(Sc2ccccc2)cc1C(C)(C)C. The summed E-state index contributed by atoms with van der Waals surface area (Å²) in [4.78, 5) is 2.53. The third kappa shape index (κ3) is 4.32. The van der Waals surface area contributed by atoms with Gasteiger partial charge in [0, 0.05) is 20.9 Å². The molecule has 0 aliphatic carbocycles. The molecule has 0 bridgehead atoms. The van der Waals surface area contributed by atoms with E-state index in [9.17, 15) is 0 Å². The topological polar surface area (TPSA) is 9.23 Å². The van der Waals surface area contributed by atoms with E-state index in [1.165, 1.54) is 20.9 Å². The number of methoxy groups -OCH3 is 1. The summed E-state index contributed by atoms with van der Waals surface area (Å²) in [6.07, 6.45) is 0. The molecule has 0 fully saturated rings. The molecule has 0 N–H and O–H groups in total. The molecule has 0 radical (unpaired) electrons. The van der Waals surface area contributed by atoms with E-state index in [1.54, 1.807) is 7.11 Å². The van der Waals surface area contributed by atoms with Gasteiger partial charge in [-0.2, -0.15) is 0 Å². The van der Waals surface area contributed by atoms with Gasteiger partial charge in [-0.25, -0.2) is 0 Å². The van der Waals surface area contributed by atoms with Gasteiger partial charge in [0.25, 0.3) is 0 Å². The van der Waals surface area contributed by atoms with E-state index in [1.807, 2.05) is 11.8 Å². The molecule has 2 rings (SSSR count). The van der Waals surface area contributed by atoms with E-state index >= 15 is 0 Å². The van der Waals surface area contributed by atoms with E-state index in [2.05, 4.69) is 84.0 Å². The highest BCUT2D eigenvalue weighted by Gasteiger charge is 2.27. The van der Waals surface area contributed by atoms with E-state index < -0.39 is 0 Å². The highest BCUT2D eigenvalue weighted by atomic mass is 32.2. The third-order valence-electron chi connectivity index (χ3n) is 3.86. The van der Waals surface area contributed by atoms with Crippen LogP contribution in [0.15, 0.2) is 52.3 Å². The first-order valence-electron chi connectivity index (χ1n) is 8.09. The molecule has 0 spiro atoms. The van der Waals surface area contributed by atoms with E-state index in [4.69, 9.17) is 4.74 Å². The van der Waals surface area contributed by atoms with Gasteiger partial charge in [0.05, 0.1) is 7.11 Å². The predicted octanol–water partition coefficient (Wildman–Crippen LogP) is 6.44. The number of hydrogen-bond acceptors (Lipinski definition) is 2. The Morgan fingerprint density at radius 1 is 0.739 bits per heavy atom. The second-order valence-corrected chi connectivity index (χ2v) is 9.11. The minimum Gasteiger partial charge on any atom is -0.496 e. The molecule has 0 atom stereocenters. The lowest BCUT2D eigenvalue weighted by molar-refractivity contribution is 0.380. The molecule has 0 aromatic heterocycles. The van der Waals surface area contributed by atoms with Crippen LogP contribution in [0.5, 0.6) is 5.75 Å². The van der Waals surface area contributed by atoms with Crippen LogP contribution in [-0.4, -0.2) is 7.11 Å². The maximum Gasteiger partial charge on any atom is 0.126 e. The van der Waals surface area contributed by atoms with Crippen molar-refractivity contribution in [2.24, 2.45) is 0 Å². The van der Waals surface area contributed by atoms with Crippen molar-refractivity contribution >= 4 is 11.8 Å². The second-order valence-electron chi connectivity index (χ2n) is 7.97. The van der Waals surface area contributed by atoms with Crippen molar-refractivity contribution in [3.63, 3.8) is 0 Å². The lowest BCUT2D eigenvalue weighted by Gasteiger charge is -2.29. The summed E-state index contributed by atoms with van der Waals surface area (Å²) < 4.78 is 5.83. The summed E-state index contributed by atoms with van der Waals surface area (Å²) in [5.74, 6) is 1.03. The number of ether oxygens (including phenoxy) is 1. The highest BCUT2D eigenvalue weighted by molar-refractivity contribution is 7.99. The molecule has 0 saturated carbocycles. The molecule has 0 aliphatic rings. The first-order valence-corrected chi connectivity index (χ1v) is 8.90. The summed E-state index contributed by atoms with van der Waals surface area (Å²) in [6, 6.07) is 15.1. The molecular weight excluding hydrogens is 300 g/mol. The predicted molar refractivity (Wildman–Crippen MR) is 101 cm³/mol. The molecular formula is C21H28OS. The van der Waals surface area contributed by atoms with Crippen molar-refractivity contribution in [3.8, 4) is 5.75 Å². The Kier molecular flexibility index (Phi) is 5.15. The molecule has 2 aromatic rings. The Hall–Kier alpha value is -1.41. The Labute approximate surface area is 145 Å². The normalized spacial score (nSPS) is 12.3. The lowest BCUT2D eigenvalue weighted by Crippen LogP contribution is -2.19. The molecule has 0 saturated heterocycles. The smallest absolute Gasteiger partial charge is 0.126 e. The Bertz CT molecular complexity index is 625. The van der Waals surface area contributed by atoms with Crippen LogP contribution in [0.3, 0.4) is 0 Å². The van der Waals surface area contributed by atoms with Crippen molar-refractivity contribution in [2.75, 3.05) is 7.11 Å². The number of benzene rings is 2. The monoisotopic (exact) mass is 328 g/mol. The van der Waals surface area contributed by atoms with Crippen molar-refractivity contribution in [2.45, 2.75) is 62.2 Å². The van der Waals surface area contributed by atoms with Gasteiger partial charge in [-0.3, -0.25) is 0 Å². The fraction of sp³-hybridized carbons (Fsp3) is 0.429. The van der Waals surface area contributed by atoms with Crippen molar-refractivity contribution in [1.29, 1.82) is 0 Å². The Morgan fingerprint density at radius 3 is 1.61 bits per heavy atom. The maximum absolute atomic E-state index is 5.83. The molecule has 124 valence electrons. The quantitative estimate of drug-likeness (QED) is 0.641. The van der Waals surface area contributed by atoms with Gasteiger partial charge < -0.3 is 4.74 Å². The van der Waals surface area contributed by atoms with Gasteiger partial charge in [0.1, 0.15) is 5.75 Å². The highest BCUT2D eigenvalue weighted by Crippen LogP contribution is 2.43. The average Bonchev–Trinajstić information content (AvgIpc) is 2.45. The van der Waals surface area contributed by atoms with Gasteiger partial charge >= 0.3 is 0 Å². The fourth-order valence-corrected chi connectivity index (χ4v) is 3.54. The number of rotatable bonds is 3. The Morgan fingerprint density at radius 2 is 1.22 bits per heavy atom. The second kappa shape index (κ2) is 6.60. The molecule has 0 aliphatic heterocycles. The van der Waals surface area contributed by atoms with Gasteiger partial charge in [-0.05, 0) is 35.1 Å². The zero-order valence-electron chi connectivity index (χ0n) is 15.4. The van der Waals surface area contributed by atoms with Gasteiger partial charge in [0.15, 0.2) is 0 Å². The van der Waals surface area contributed by atoms with Crippen LogP contribution in [0.25, 0.3) is 0 Å².